The number of pyridine rings is 1. The van der Waals surface area contributed by atoms with Crippen molar-refractivity contribution >= 4 is 16.9 Å². The van der Waals surface area contributed by atoms with E-state index in [-0.39, 0.29) is 5.92 Å². The Hall–Kier alpha value is -1.88. The van der Waals surface area contributed by atoms with Gasteiger partial charge in [-0.2, -0.15) is 0 Å². The molecule has 2 atom stereocenters. The lowest BCUT2D eigenvalue weighted by Gasteiger charge is -2.15. The summed E-state index contributed by atoms with van der Waals surface area (Å²) in [7, 11) is 0. The number of carboxylic acid groups (broad SMARTS) is 1. The first-order chi connectivity index (χ1) is 8.25. The SMILES string of the molecule is O=C(O)[C@H]1NCCC1c1cnc2c[nH]cc2c1. The summed E-state index contributed by atoms with van der Waals surface area (Å²) in [6.07, 6.45) is 6.34. The number of nitrogens with one attached hydrogen (secondary N) is 2. The summed E-state index contributed by atoms with van der Waals surface area (Å²) in [5.41, 5.74) is 1.90. The van der Waals surface area contributed by atoms with Crippen molar-refractivity contribution in [1.29, 1.82) is 0 Å². The number of aromatic nitrogens is 2. The third-order valence-corrected chi connectivity index (χ3v) is 3.35. The van der Waals surface area contributed by atoms with Crippen molar-refractivity contribution in [3.63, 3.8) is 0 Å². The molecule has 3 heterocycles. The van der Waals surface area contributed by atoms with Gasteiger partial charge < -0.3 is 15.4 Å². The van der Waals surface area contributed by atoms with Crippen molar-refractivity contribution in [1.82, 2.24) is 15.3 Å². The van der Waals surface area contributed by atoms with E-state index in [1.165, 1.54) is 0 Å². The van der Waals surface area contributed by atoms with Gasteiger partial charge in [0, 0.05) is 29.9 Å². The molecule has 1 unspecified atom stereocenters. The lowest BCUT2D eigenvalue weighted by molar-refractivity contribution is -0.139. The fourth-order valence-corrected chi connectivity index (χ4v) is 2.48. The number of H-pyrrole nitrogens is 1. The maximum atomic E-state index is 11.1. The molecule has 0 aromatic carbocycles. The topological polar surface area (TPSA) is 78.0 Å². The van der Waals surface area contributed by atoms with Crippen LogP contribution in [0.4, 0.5) is 0 Å². The normalized spacial score (nSPS) is 24.2. The van der Waals surface area contributed by atoms with Crippen molar-refractivity contribution in [3.8, 4) is 0 Å². The summed E-state index contributed by atoms with van der Waals surface area (Å²) in [5.74, 6) is -0.777. The summed E-state index contributed by atoms with van der Waals surface area (Å²) in [5, 5.41) is 13.2. The molecule has 3 N–H and O–H groups in total. The maximum Gasteiger partial charge on any atom is 0.321 e. The molecule has 1 saturated heterocycles. The molecule has 1 aliphatic heterocycles. The summed E-state index contributed by atoms with van der Waals surface area (Å²) < 4.78 is 0. The largest absolute Gasteiger partial charge is 0.480 e. The van der Waals surface area contributed by atoms with E-state index in [1.807, 2.05) is 18.5 Å². The summed E-state index contributed by atoms with van der Waals surface area (Å²) in [4.78, 5) is 18.4. The zero-order valence-electron chi connectivity index (χ0n) is 9.18. The van der Waals surface area contributed by atoms with Gasteiger partial charge in [0.15, 0.2) is 0 Å². The van der Waals surface area contributed by atoms with Crippen molar-refractivity contribution in [2.45, 2.75) is 18.4 Å². The summed E-state index contributed by atoms with van der Waals surface area (Å²) in [6, 6.07) is 1.53. The number of hydrogen-bond donors (Lipinski definition) is 3. The predicted octanol–water partition coefficient (Wildman–Crippen LogP) is 1.09. The van der Waals surface area contributed by atoms with Crippen LogP contribution in [0.3, 0.4) is 0 Å². The highest BCUT2D eigenvalue weighted by Gasteiger charge is 2.33. The minimum absolute atomic E-state index is 0.0132. The smallest absolute Gasteiger partial charge is 0.321 e. The van der Waals surface area contributed by atoms with Crippen LogP contribution in [0.25, 0.3) is 10.9 Å². The van der Waals surface area contributed by atoms with Crippen LogP contribution in [0.1, 0.15) is 17.9 Å². The number of aliphatic carboxylic acids is 1. The molecule has 2 aromatic rings. The third kappa shape index (κ3) is 1.68. The van der Waals surface area contributed by atoms with E-state index in [0.29, 0.717) is 0 Å². The van der Waals surface area contributed by atoms with Gasteiger partial charge in [0.25, 0.3) is 0 Å². The number of rotatable bonds is 2. The molecule has 1 fully saturated rings. The fourth-order valence-electron chi connectivity index (χ4n) is 2.48. The van der Waals surface area contributed by atoms with E-state index in [9.17, 15) is 4.79 Å². The number of aromatic amines is 1. The van der Waals surface area contributed by atoms with Crippen molar-refractivity contribution in [3.05, 3.63) is 30.2 Å². The lowest BCUT2D eigenvalue weighted by atomic mass is 9.93. The Labute approximate surface area is 97.9 Å². The van der Waals surface area contributed by atoms with Gasteiger partial charge >= 0.3 is 5.97 Å². The standard InChI is InChI=1S/C12H13N3O2/c16-12(17)11-9(1-2-14-11)7-3-8-4-13-6-10(8)15-5-7/h3-6,9,11,13-14H,1-2H2,(H,16,17)/t9?,11-/m0/s1. The molecule has 5 heteroatoms. The molecule has 17 heavy (non-hydrogen) atoms. The Balaban J connectivity index is 1.99. The highest BCUT2D eigenvalue weighted by atomic mass is 16.4. The Morgan fingerprint density at radius 1 is 1.47 bits per heavy atom. The zero-order valence-corrected chi connectivity index (χ0v) is 9.18. The molecule has 0 aliphatic carbocycles. The van der Waals surface area contributed by atoms with E-state index < -0.39 is 12.0 Å². The first-order valence-corrected chi connectivity index (χ1v) is 5.64. The molecular formula is C12H13N3O2. The average Bonchev–Trinajstić information content (AvgIpc) is 2.96. The van der Waals surface area contributed by atoms with Crippen LogP contribution >= 0.6 is 0 Å². The quantitative estimate of drug-likeness (QED) is 0.723. The van der Waals surface area contributed by atoms with Crippen molar-refractivity contribution < 1.29 is 9.90 Å². The van der Waals surface area contributed by atoms with Gasteiger partial charge in [0.05, 0.1) is 5.52 Å². The zero-order chi connectivity index (χ0) is 11.8. The van der Waals surface area contributed by atoms with Gasteiger partial charge in [-0.15, -0.1) is 0 Å². The van der Waals surface area contributed by atoms with Crippen molar-refractivity contribution in [2.75, 3.05) is 6.54 Å². The first-order valence-electron chi connectivity index (χ1n) is 5.64. The monoisotopic (exact) mass is 231 g/mol. The maximum absolute atomic E-state index is 11.1. The van der Waals surface area contributed by atoms with E-state index in [4.69, 9.17) is 5.11 Å². The molecule has 5 nitrogen and oxygen atoms in total. The highest BCUT2D eigenvalue weighted by Crippen LogP contribution is 2.29. The average molecular weight is 231 g/mol. The first kappa shape index (κ1) is 10.3. The third-order valence-electron chi connectivity index (χ3n) is 3.35. The molecule has 0 bridgehead atoms. The van der Waals surface area contributed by atoms with Crippen LogP contribution < -0.4 is 5.32 Å². The van der Waals surface area contributed by atoms with E-state index in [1.54, 1.807) is 6.20 Å². The van der Waals surface area contributed by atoms with Gasteiger partial charge in [0.2, 0.25) is 0 Å². The van der Waals surface area contributed by atoms with Gasteiger partial charge in [0.1, 0.15) is 6.04 Å². The second kappa shape index (κ2) is 3.85. The number of nitrogens with zero attached hydrogens (tertiary/aromatic N) is 1. The summed E-state index contributed by atoms with van der Waals surface area (Å²) >= 11 is 0. The van der Waals surface area contributed by atoms with Crippen LogP contribution in [0.2, 0.25) is 0 Å². The van der Waals surface area contributed by atoms with Gasteiger partial charge in [-0.3, -0.25) is 9.78 Å². The number of hydrogen-bond acceptors (Lipinski definition) is 3. The Bertz CT molecular complexity index is 564. The Kier molecular flexibility index (Phi) is 2.33. The number of carbonyl (C=O) groups is 1. The molecule has 0 amide bonds. The van der Waals surface area contributed by atoms with E-state index in [0.717, 1.165) is 29.4 Å². The molecule has 0 spiro atoms. The molecule has 88 valence electrons. The van der Waals surface area contributed by atoms with Crippen LogP contribution in [0, 0.1) is 0 Å². The molecular weight excluding hydrogens is 218 g/mol. The molecule has 3 rings (SSSR count). The van der Waals surface area contributed by atoms with Crippen LogP contribution in [0.5, 0.6) is 0 Å². The van der Waals surface area contributed by atoms with Gasteiger partial charge in [-0.25, -0.2) is 0 Å². The van der Waals surface area contributed by atoms with Crippen molar-refractivity contribution in [2.24, 2.45) is 0 Å². The predicted molar refractivity (Wildman–Crippen MR) is 62.9 cm³/mol. The molecule has 0 radical (unpaired) electrons. The van der Waals surface area contributed by atoms with Crippen LogP contribution in [-0.4, -0.2) is 33.6 Å². The minimum atomic E-state index is -0.790. The number of fused-ring (bicyclic) bond motifs is 1. The summed E-state index contributed by atoms with van der Waals surface area (Å²) in [6.45, 7) is 0.743. The van der Waals surface area contributed by atoms with E-state index >= 15 is 0 Å². The lowest BCUT2D eigenvalue weighted by Crippen LogP contribution is -2.34. The molecule has 2 aromatic heterocycles. The minimum Gasteiger partial charge on any atom is -0.480 e. The van der Waals surface area contributed by atoms with E-state index in [2.05, 4.69) is 15.3 Å². The van der Waals surface area contributed by atoms with Gasteiger partial charge in [-0.05, 0) is 24.6 Å². The fraction of sp³-hybridized carbons (Fsp3) is 0.333. The highest BCUT2D eigenvalue weighted by molar-refractivity contribution is 5.79. The van der Waals surface area contributed by atoms with Crippen LogP contribution in [-0.2, 0) is 4.79 Å². The number of carboxylic acids is 1. The Morgan fingerprint density at radius 3 is 3.18 bits per heavy atom. The van der Waals surface area contributed by atoms with Crippen LogP contribution in [0.15, 0.2) is 24.7 Å². The molecule has 0 saturated carbocycles. The molecule has 1 aliphatic rings. The second-order valence-corrected chi connectivity index (χ2v) is 4.36. The second-order valence-electron chi connectivity index (χ2n) is 4.36. The Morgan fingerprint density at radius 2 is 2.35 bits per heavy atom. The van der Waals surface area contributed by atoms with Gasteiger partial charge in [-0.1, -0.05) is 0 Å².